The second-order valence-corrected chi connectivity index (χ2v) is 8.98. The molecule has 0 bridgehead atoms. The lowest BCUT2D eigenvalue weighted by atomic mass is 9.71. The molecule has 5 rings (SSSR count). The fourth-order valence-electron chi connectivity index (χ4n) is 5.06. The van der Waals surface area contributed by atoms with Gasteiger partial charge in [0.15, 0.2) is 5.78 Å². The molecule has 0 spiro atoms. The van der Waals surface area contributed by atoms with Crippen molar-refractivity contribution in [1.82, 2.24) is 9.88 Å². The van der Waals surface area contributed by atoms with Gasteiger partial charge >= 0.3 is 0 Å². The van der Waals surface area contributed by atoms with Crippen LogP contribution in [0.5, 0.6) is 0 Å². The van der Waals surface area contributed by atoms with Gasteiger partial charge in [0.25, 0.3) is 0 Å². The number of ketones is 1. The third-order valence-corrected chi connectivity index (χ3v) is 6.85. The van der Waals surface area contributed by atoms with Crippen molar-refractivity contribution in [2.45, 2.75) is 19.3 Å². The first-order valence-corrected chi connectivity index (χ1v) is 10.8. The number of benzene rings is 2. The first-order valence-electron chi connectivity index (χ1n) is 10.8. The highest BCUT2D eigenvalue weighted by atomic mass is 16.3. The van der Waals surface area contributed by atoms with Crippen LogP contribution in [0.15, 0.2) is 36.4 Å². The molecule has 1 aromatic heterocycles. The maximum atomic E-state index is 13.5. The summed E-state index contributed by atoms with van der Waals surface area (Å²) in [6.45, 7) is 8.87. The summed E-state index contributed by atoms with van der Waals surface area (Å²) in [5.74, 6) is 0.0413. The number of rotatable bonds is 3. The van der Waals surface area contributed by atoms with Gasteiger partial charge in [0.1, 0.15) is 0 Å². The lowest BCUT2D eigenvalue weighted by Crippen LogP contribution is -2.47. The van der Waals surface area contributed by atoms with Crippen LogP contribution >= 0.6 is 0 Å². The van der Waals surface area contributed by atoms with Crippen molar-refractivity contribution in [2.75, 3.05) is 44.2 Å². The second kappa shape index (κ2) is 7.23. The van der Waals surface area contributed by atoms with Crippen LogP contribution in [-0.4, -0.2) is 60.1 Å². The van der Waals surface area contributed by atoms with Crippen molar-refractivity contribution < 1.29 is 9.90 Å². The number of nitrogens with zero attached hydrogens (tertiary/aromatic N) is 3. The van der Waals surface area contributed by atoms with Gasteiger partial charge in [-0.1, -0.05) is 19.9 Å². The molecular formula is C25H26N4O2. The number of β-amino-alcohol motifs (C(OH)–C–C–N with tert-alkyl or cyclic N) is 1. The van der Waals surface area contributed by atoms with Gasteiger partial charge in [-0.25, -0.2) is 0 Å². The molecular weight excluding hydrogens is 388 g/mol. The van der Waals surface area contributed by atoms with Crippen LogP contribution in [0.1, 0.15) is 46.6 Å². The predicted octanol–water partition coefficient (Wildman–Crippen LogP) is 3.02. The first-order chi connectivity index (χ1) is 14.9. The summed E-state index contributed by atoms with van der Waals surface area (Å²) in [6, 6.07) is 13.8. The maximum Gasteiger partial charge on any atom is 0.195 e. The predicted molar refractivity (Wildman–Crippen MR) is 121 cm³/mol. The van der Waals surface area contributed by atoms with Crippen molar-refractivity contribution in [3.05, 3.63) is 64.3 Å². The van der Waals surface area contributed by atoms with Crippen LogP contribution in [0, 0.1) is 11.3 Å². The fraction of sp³-hybridized carbons (Fsp3) is 0.360. The summed E-state index contributed by atoms with van der Waals surface area (Å²) in [5.41, 5.74) is 5.61. The Balaban J connectivity index is 1.55. The molecule has 1 fully saturated rings. The lowest BCUT2D eigenvalue weighted by molar-refractivity contribution is 0.103. The fourth-order valence-corrected chi connectivity index (χ4v) is 5.06. The Morgan fingerprint density at radius 2 is 1.90 bits per heavy atom. The molecule has 1 saturated heterocycles. The molecule has 0 amide bonds. The van der Waals surface area contributed by atoms with E-state index in [1.54, 1.807) is 6.07 Å². The van der Waals surface area contributed by atoms with Crippen molar-refractivity contribution in [3.8, 4) is 6.07 Å². The second-order valence-electron chi connectivity index (χ2n) is 8.98. The standard InChI is InChI=1S/C25H26N4O2/c1-25(2)20-14-17(29-9-7-28(8-10-29)11-12-30)4-6-18(20)23(31)22-19-5-3-16(15-26)13-21(19)27-24(22)25/h3-6,13-14,27,30H,7-12H2,1-2H3. The molecule has 0 radical (unpaired) electrons. The van der Waals surface area contributed by atoms with Gasteiger partial charge in [-0.05, 0) is 35.9 Å². The van der Waals surface area contributed by atoms with Crippen molar-refractivity contribution in [3.63, 3.8) is 0 Å². The topological polar surface area (TPSA) is 83.4 Å². The monoisotopic (exact) mass is 414 g/mol. The lowest BCUT2D eigenvalue weighted by Gasteiger charge is -2.37. The summed E-state index contributed by atoms with van der Waals surface area (Å²) < 4.78 is 0. The highest BCUT2D eigenvalue weighted by Gasteiger charge is 2.40. The van der Waals surface area contributed by atoms with Gasteiger partial charge in [-0.15, -0.1) is 0 Å². The van der Waals surface area contributed by atoms with Crippen LogP contribution in [0.4, 0.5) is 5.69 Å². The normalized spacial score (nSPS) is 18.0. The quantitative estimate of drug-likeness (QED) is 0.688. The van der Waals surface area contributed by atoms with Crippen molar-refractivity contribution in [2.24, 2.45) is 0 Å². The Hall–Kier alpha value is -3.14. The number of hydrogen-bond acceptors (Lipinski definition) is 5. The van der Waals surface area contributed by atoms with Gasteiger partial charge in [0, 0.05) is 66.0 Å². The SMILES string of the molecule is CC1(C)c2cc(N3CCN(CCO)CC3)ccc2C(=O)c2c1[nH]c1cc(C#N)ccc21. The first kappa shape index (κ1) is 19.8. The average molecular weight is 415 g/mol. The zero-order valence-corrected chi connectivity index (χ0v) is 17.9. The zero-order chi connectivity index (χ0) is 21.8. The van der Waals surface area contributed by atoms with Gasteiger partial charge in [-0.3, -0.25) is 9.69 Å². The number of aliphatic hydroxyl groups excluding tert-OH is 1. The van der Waals surface area contributed by atoms with E-state index in [0.717, 1.165) is 71.7 Å². The number of nitrogens with one attached hydrogen (secondary N) is 1. The van der Waals surface area contributed by atoms with E-state index in [-0.39, 0.29) is 17.8 Å². The summed E-state index contributed by atoms with van der Waals surface area (Å²) in [4.78, 5) is 21.6. The van der Waals surface area contributed by atoms with Gasteiger partial charge in [0.05, 0.1) is 23.8 Å². The minimum Gasteiger partial charge on any atom is -0.395 e. The van der Waals surface area contributed by atoms with E-state index in [4.69, 9.17) is 0 Å². The Labute approximate surface area is 181 Å². The number of aromatic amines is 1. The van der Waals surface area contributed by atoms with E-state index in [2.05, 4.69) is 46.8 Å². The number of piperazine rings is 1. The summed E-state index contributed by atoms with van der Waals surface area (Å²) in [5, 5.41) is 19.3. The number of fused-ring (bicyclic) bond motifs is 4. The minimum absolute atomic E-state index is 0.0413. The van der Waals surface area contributed by atoms with E-state index >= 15 is 0 Å². The molecule has 0 saturated carbocycles. The molecule has 2 heterocycles. The van der Waals surface area contributed by atoms with Crippen LogP contribution in [-0.2, 0) is 5.41 Å². The van der Waals surface area contributed by atoms with Gasteiger partial charge < -0.3 is 15.0 Å². The molecule has 2 aromatic carbocycles. The summed E-state index contributed by atoms with van der Waals surface area (Å²) in [7, 11) is 0. The number of anilines is 1. The highest BCUT2D eigenvalue weighted by Crippen LogP contribution is 2.44. The molecule has 3 aromatic rings. The van der Waals surface area contributed by atoms with Gasteiger partial charge in [0.2, 0.25) is 0 Å². The highest BCUT2D eigenvalue weighted by molar-refractivity contribution is 6.20. The molecule has 0 atom stereocenters. The Kier molecular flexibility index (Phi) is 4.62. The minimum atomic E-state index is -0.362. The summed E-state index contributed by atoms with van der Waals surface area (Å²) in [6.07, 6.45) is 0. The number of nitriles is 1. The molecule has 6 heteroatoms. The average Bonchev–Trinajstić information content (AvgIpc) is 3.18. The van der Waals surface area contributed by atoms with E-state index in [1.165, 1.54) is 0 Å². The molecule has 158 valence electrons. The van der Waals surface area contributed by atoms with Crippen LogP contribution in [0.2, 0.25) is 0 Å². The third-order valence-electron chi connectivity index (χ3n) is 6.85. The molecule has 31 heavy (non-hydrogen) atoms. The Bertz CT molecular complexity index is 1230. The number of aromatic nitrogens is 1. The number of carbonyl (C=O) groups is 1. The van der Waals surface area contributed by atoms with Gasteiger partial charge in [-0.2, -0.15) is 5.26 Å². The zero-order valence-electron chi connectivity index (χ0n) is 17.9. The maximum absolute atomic E-state index is 13.5. The molecule has 2 aliphatic rings. The third kappa shape index (κ3) is 3.04. The van der Waals surface area contributed by atoms with Crippen molar-refractivity contribution >= 4 is 22.4 Å². The molecule has 2 N–H and O–H groups in total. The van der Waals surface area contributed by atoms with E-state index in [1.807, 2.05) is 18.2 Å². The van der Waals surface area contributed by atoms with E-state index in [0.29, 0.717) is 5.56 Å². The van der Waals surface area contributed by atoms with Crippen LogP contribution < -0.4 is 4.90 Å². The molecule has 1 aliphatic carbocycles. The molecule has 0 unspecified atom stereocenters. The molecule has 1 aliphatic heterocycles. The Morgan fingerprint density at radius 3 is 2.61 bits per heavy atom. The summed E-state index contributed by atoms with van der Waals surface area (Å²) >= 11 is 0. The number of carbonyl (C=O) groups excluding carboxylic acids is 1. The number of hydrogen-bond donors (Lipinski definition) is 2. The Morgan fingerprint density at radius 1 is 1.13 bits per heavy atom. The largest absolute Gasteiger partial charge is 0.395 e. The molecule has 6 nitrogen and oxygen atoms in total. The van der Waals surface area contributed by atoms with Crippen molar-refractivity contribution in [1.29, 1.82) is 5.26 Å². The smallest absolute Gasteiger partial charge is 0.195 e. The number of aliphatic hydroxyl groups is 1. The van der Waals surface area contributed by atoms with Crippen LogP contribution in [0.3, 0.4) is 0 Å². The van der Waals surface area contributed by atoms with Crippen LogP contribution in [0.25, 0.3) is 10.9 Å². The van der Waals surface area contributed by atoms with E-state index < -0.39 is 0 Å². The number of H-pyrrole nitrogens is 1. The van der Waals surface area contributed by atoms with E-state index in [9.17, 15) is 15.2 Å².